The van der Waals surface area contributed by atoms with E-state index in [1.54, 1.807) is 24.3 Å². The van der Waals surface area contributed by atoms with E-state index < -0.39 is 0 Å². The Morgan fingerprint density at radius 3 is 2.59 bits per heavy atom. The lowest BCUT2D eigenvalue weighted by Gasteiger charge is -2.28. The minimum Gasteiger partial charge on any atom is -0.396 e. The van der Waals surface area contributed by atoms with Crippen molar-refractivity contribution in [1.29, 1.82) is 0 Å². The smallest absolute Gasteiger partial charge is 0.257 e. The van der Waals surface area contributed by atoms with Crippen LogP contribution in [0.4, 0.5) is 11.4 Å². The van der Waals surface area contributed by atoms with E-state index in [9.17, 15) is 9.90 Å². The van der Waals surface area contributed by atoms with Gasteiger partial charge in [-0.1, -0.05) is 54.1 Å². The maximum atomic E-state index is 12.6. The van der Waals surface area contributed by atoms with Crippen LogP contribution in [0.2, 0.25) is 5.02 Å². The number of benzene rings is 3. The summed E-state index contributed by atoms with van der Waals surface area (Å²) in [7, 11) is 0. The molecule has 3 aromatic carbocycles. The molecule has 1 aliphatic rings. The van der Waals surface area contributed by atoms with Gasteiger partial charge in [0.25, 0.3) is 5.91 Å². The number of aliphatic hydroxyl groups is 1. The fourth-order valence-electron chi connectivity index (χ4n) is 3.93. The maximum Gasteiger partial charge on any atom is 0.257 e. The molecule has 5 heteroatoms. The zero-order valence-corrected chi connectivity index (χ0v) is 16.8. The third-order valence-corrected chi connectivity index (χ3v) is 5.63. The number of carbonyl (C=O) groups is 1. The summed E-state index contributed by atoms with van der Waals surface area (Å²) in [6.07, 6.45) is 1.58. The van der Waals surface area contributed by atoms with Crippen molar-refractivity contribution in [2.45, 2.75) is 18.9 Å². The van der Waals surface area contributed by atoms with Crippen LogP contribution in [0.25, 0.3) is 0 Å². The molecule has 1 atom stereocenters. The Morgan fingerprint density at radius 2 is 1.83 bits per heavy atom. The van der Waals surface area contributed by atoms with Crippen molar-refractivity contribution >= 4 is 28.9 Å². The number of nitrogens with one attached hydrogen (secondary N) is 1. The summed E-state index contributed by atoms with van der Waals surface area (Å²) in [4.78, 5) is 14.9. The monoisotopic (exact) mass is 406 g/mol. The lowest BCUT2D eigenvalue weighted by molar-refractivity contribution is 0.102. The molecule has 0 bridgehead atoms. The van der Waals surface area contributed by atoms with Gasteiger partial charge in [0.1, 0.15) is 0 Å². The van der Waals surface area contributed by atoms with E-state index in [1.165, 1.54) is 11.1 Å². The Bertz CT molecular complexity index is 1010. The van der Waals surface area contributed by atoms with Crippen molar-refractivity contribution in [3.63, 3.8) is 0 Å². The molecule has 1 aliphatic heterocycles. The van der Waals surface area contributed by atoms with Crippen molar-refractivity contribution in [1.82, 2.24) is 0 Å². The zero-order valence-electron chi connectivity index (χ0n) is 16.0. The van der Waals surface area contributed by atoms with Crippen molar-refractivity contribution in [3.8, 4) is 0 Å². The predicted molar refractivity (Wildman–Crippen MR) is 118 cm³/mol. The average molecular weight is 407 g/mol. The maximum absolute atomic E-state index is 12.6. The van der Waals surface area contributed by atoms with E-state index in [1.807, 2.05) is 18.2 Å². The number of anilines is 2. The molecular formula is C24H23ClN2O2. The number of aliphatic hydroxyl groups excluding tert-OH is 1. The van der Waals surface area contributed by atoms with Crippen LogP contribution < -0.4 is 10.2 Å². The standard InChI is InChI=1S/C24H23ClN2O2/c25-21-10-5-4-9-20(21)24(29)26-19-11-12-22-18(15-19)16-23(27(22)13-6-14-28)17-7-2-1-3-8-17/h1-5,7-12,15,23,28H,6,13-14,16H2,(H,26,29). The van der Waals surface area contributed by atoms with E-state index in [0.29, 0.717) is 17.0 Å². The number of hydrogen-bond acceptors (Lipinski definition) is 3. The molecule has 1 unspecified atom stereocenters. The van der Waals surface area contributed by atoms with E-state index in [2.05, 4.69) is 40.5 Å². The Labute approximate surface area is 175 Å². The molecule has 4 nitrogen and oxygen atoms in total. The van der Waals surface area contributed by atoms with Crippen LogP contribution in [0, 0.1) is 0 Å². The first-order chi connectivity index (χ1) is 14.2. The van der Waals surface area contributed by atoms with Crippen LogP contribution in [0.3, 0.4) is 0 Å². The van der Waals surface area contributed by atoms with E-state index in [0.717, 1.165) is 24.3 Å². The summed E-state index contributed by atoms with van der Waals surface area (Å²) in [6.45, 7) is 0.952. The highest BCUT2D eigenvalue weighted by Crippen LogP contribution is 2.41. The number of rotatable bonds is 6. The molecule has 0 saturated heterocycles. The molecule has 0 spiro atoms. The summed E-state index contributed by atoms with van der Waals surface area (Å²) in [5, 5.41) is 12.7. The molecule has 0 saturated carbocycles. The normalized spacial score (nSPS) is 15.2. The number of amides is 1. The van der Waals surface area contributed by atoms with Gasteiger partial charge < -0.3 is 15.3 Å². The van der Waals surface area contributed by atoms with Crippen LogP contribution in [0.15, 0.2) is 72.8 Å². The predicted octanol–water partition coefficient (Wildman–Crippen LogP) is 5.08. The van der Waals surface area contributed by atoms with Crippen molar-refractivity contribution < 1.29 is 9.90 Å². The summed E-state index contributed by atoms with van der Waals surface area (Å²) >= 11 is 6.15. The molecule has 1 amide bonds. The van der Waals surface area contributed by atoms with Crippen LogP contribution in [-0.4, -0.2) is 24.2 Å². The molecule has 3 aromatic rings. The second-order valence-corrected chi connectivity index (χ2v) is 7.59. The van der Waals surface area contributed by atoms with Crippen LogP contribution in [0.1, 0.15) is 33.9 Å². The largest absolute Gasteiger partial charge is 0.396 e. The number of nitrogens with zero attached hydrogens (tertiary/aromatic N) is 1. The molecule has 1 heterocycles. The number of carbonyl (C=O) groups excluding carboxylic acids is 1. The first kappa shape index (κ1) is 19.5. The van der Waals surface area contributed by atoms with Crippen LogP contribution in [-0.2, 0) is 6.42 Å². The molecule has 4 rings (SSSR count). The molecule has 0 aliphatic carbocycles. The van der Waals surface area contributed by atoms with E-state index in [4.69, 9.17) is 11.6 Å². The Kier molecular flexibility index (Phi) is 5.84. The van der Waals surface area contributed by atoms with Gasteiger partial charge in [-0.25, -0.2) is 0 Å². The number of halogens is 1. The molecule has 29 heavy (non-hydrogen) atoms. The molecular weight excluding hydrogens is 384 g/mol. The summed E-state index contributed by atoms with van der Waals surface area (Å²) in [6, 6.07) is 23.7. The summed E-state index contributed by atoms with van der Waals surface area (Å²) < 4.78 is 0. The zero-order chi connectivity index (χ0) is 20.2. The lowest BCUT2D eigenvalue weighted by atomic mass is 10.0. The quantitative estimate of drug-likeness (QED) is 0.600. The number of fused-ring (bicyclic) bond motifs is 1. The molecule has 0 aromatic heterocycles. The third-order valence-electron chi connectivity index (χ3n) is 5.30. The minimum atomic E-state index is -0.217. The van der Waals surface area contributed by atoms with Crippen LogP contribution in [0.5, 0.6) is 0 Å². The van der Waals surface area contributed by atoms with Gasteiger partial charge in [0.05, 0.1) is 16.6 Å². The average Bonchev–Trinajstić information content (AvgIpc) is 3.11. The first-order valence-corrected chi connectivity index (χ1v) is 10.2. The van der Waals surface area contributed by atoms with Gasteiger partial charge in [-0.2, -0.15) is 0 Å². The highest BCUT2D eigenvalue weighted by molar-refractivity contribution is 6.34. The first-order valence-electron chi connectivity index (χ1n) is 9.78. The lowest BCUT2D eigenvalue weighted by Crippen LogP contribution is -2.26. The second-order valence-electron chi connectivity index (χ2n) is 7.18. The fourth-order valence-corrected chi connectivity index (χ4v) is 4.15. The van der Waals surface area contributed by atoms with E-state index >= 15 is 0 Å². The number of hydrogen-bond donors (Lipinski definition) is 2. The van der Waals surface area contributed by atoms with Gasteiger partial charge in [0.2, 0.25) is 0 Å². The Hall–Kier alpha value is -2.82. The Morgan fingerprint density at radius 1 is 1.07 bits per heavy atom. The highest BCUT2D eigenvalue weighted by atomic mass is 35.5. The molecule has 2 N–H and O–H groups in total. The molecule has 148 valence electrons. The van der Waals surface area contributed by atoms with Gasteiger partial charge in [-0.15, -0.1) is 0 Å². The topological polar surface area (TPSA) is 52.6 Å². The van der Waals surface area contributed by atoms with Gasteiger partial charge in [-0.3, -0.25) is 4.79 Å². The van der Waals surface area contributed by atoms with E-state index in [-0.39, 0.29) is 18.6 Å². The summed E-state index contributed by atoms with van der Waals surface area (Å²) in [5.41, 5.74) is 4.81. The minimum absolute atomic E-state index is 0.166. The SMILES string of the molecule is O=C(Nc1ccc2c(c1)CC(c1ccccc1)N2CCCO)c1ccccc1Cl. The molecule has 0 fully saturated rings. The van der Waals surface area contributed by atoms with Gasteiger partial charge >= 0.3 is 0 Å². The second kappa shape index (κ2) is 8.68. The van der Waals surface area contributed by atoms with Gasteiger partial charge in [0.15, 0.2) is 0 Å². The van der Waals surface area contributed by atoms with Crippen molar-refractivity contribution in [2.24, 2.45) is 0 Å². The third kappa shape index (κ3) is 4.14. The Balaban J connectivity index is 1.59. The van der Waals surface area contributed by atoms with Crippen molar-refractivity contribution in [3.05, 3.63) is 94.5 Å². The van der Waals surface area contributed by atoms with Gasteiger partial charge in [-0.05, 0) is 54.3 Å². The van der Waals surface area contributed by atoms with Crippen LogP contribution >= 0.6 is 11.6 Å². The fraction of sp³-hybridized carbons (Fsp3) is 0.208. The summed E-state index contributed by atoms with van der Waals surface area (Å²) in [5.74, 6) is -0.217. The van der Waals surface area contributed by atoms with Gasteiger partial charge in [0, 0.05) is 24.5 Å². The van der Waals surface area contributed by atoms with Crippen molar-refractivity contribution in [2.75, 3.05) is 23.4 Å². The molecule has 0 radical (unpaired) electrons. The highest BCUT2D eigenvalue weighted by Gasteiger charge is 2.30.